The van der Waals surface area contributed by atoms with Crippen molar-refractivity contribution in [3.8, 4) is 0 Å². The minimum absolute atomic E-state index is 0.202. The summed E-state index contributed by atoms with van der Waals surface area (Å²) in [5.74, 6) is 2.22. The zero-order chi connectivity index (χ0) is 24.0. The number of benzene rings is 2. The molecule has 1 aromatic heterocycles. The van der Waals surface area contributed by atoms with Crippen molar-refractivity contribution in [2.75, 3.05) is 36.8 Å². The molecule has 3 aromatic rings. The predicted octanol–water partition coefficient (Wildman–Crippen LogP) is 3.85. The first-order valence-electron chi connectivity index (χ1n) is 11.6. The lowest BCUT2D eigenvalue weighted by molar-refractivity contribution is 0.284. The van der Waals surface area contributed by atoms with E-state index in [0.29, 0.717) is 42.4 Å². The van der Waals surface area contributed by atoms with Gasteiger partial charge in [-0.25, -0.2) is 18.1 Å². The van der Waals surface area contributed by atoms with Gasteiger partial charge in [-0.15, -0.1) is 0 Å². The summed E-state index contributed by atoms with van der Waals surface area (Å²) in [5, 5.41) is 8.07. The number of nitrogens with two attached hydrogens (primary N) is 1. The van der Waals surface area contributed by atoms with Crippen molar-refractivity contribution in [2.45, 2.75) is 30.6 Å². The summed E-state index contributed by atoms with van der Waals surface area (Å²) < 4.78 is 27.8. The molecule has 0 bridgehead atoms. The van der Waals surface area contributed by atoms with E-state index in [1.807, 2.05) is 24.3 Å². The minimum atomic E-state index is -3.55. The Hall–Kier alpha value is -2.46. The van der Waals surface area contributed by atoms with Gasteiger partial charge in [-0.2, -0.15) is 4.98 Å². The van der Waals surface area contributed by atoms with Crippen molar-refractivity contribution < 1.29 is 8.42 Å². The van der Waals surface area contributed by atoms with Crippen LogP contribution in [0.3, 0.4) is 0 Å². The van der Waals surface area contributed by atoms with E-state index >= 15 is 0 Å². The highest BCUT2D eigenvalue weighted by molar-refractivity contribution is 7.89. The maximum Gasteiger partial charge on any atom is 0.240 e. The Balaban J connectivity index is 1.28. The summed E-state index contributed by atoms with van der Waals surface area (Å²) in [6, 6.07) is 14.3. The molecule has 0 unspecified atom stereocenters. The van der Waals surface area contributed by atoms with Crippen LogP contribution in [0.15, 0.2) is 53.4 Å². The maximum atomic E-state index is 12.5. The number of nitrogens with zero attached hydrogens (tertiary/aromatic N) is 2. The lowest BCUT2D eigenvalue weighted by Crippen LogP contribution is -2.32. The first kappa shape index (κ1) is 24.7. The third kappa shape index (κ3) is 6.35. The summed E-state index contributed by atoms with van der Waals surface area (Å²) >= 11 is 5.93. The highest BCUT2D eigenvalue weighted by atomic mass is 35.5. The van der Waals surface area contributed by atoms with Crippen LogP contribution in [0.2, 0.25) is 5.02 Å². The minimum Gasteiger partial charge on any atom is -0.368 e. The number of anilines is 2. The van der Waals surface area contributed by atoms with Gasteiger partial charge in [0.1, 0.15) is 5.82 Å². The van der Waals surface area contributed by atoms with Crippen molar-refractivity contribution in [3.05, 3.63) is 53.6 Å². The fourth-order valence-corrected chi connectivity index (χ4v) is 5.72. The second-order valence-electron chi connectivity index (χ2n) is 8.71. The molecule has 1 saturated carbocycles. The topological polar surface area (TPSA) is 122 Å². The molecule has 0 radical (unpaired) electrons. The molecule has 1 aliphatic rings. The molecule has 0 spiro atoms. The Kier molecular flexibility index (Phi) is 8.20. The smallest absolute Gasteiger partial charge is 0.240 e. The molecule has 1 aliphatic carbocycles. The second-order valence-corrected chi connectivity index (χ2v) is 10.9. The SMILES string of the molecule is NCCNc1nc(NCC2CCC(CNS(=O)(=O)c3cccc(Cl)c3)CC2)nc2ccccc12. The number of fused-ring (bicyclic) bond motifs is 1. The number of rotatable bonds is 10. The van der Waals surface area contributed by atoms with E-state index in [4.69, 9.17) is 17.3 Å². The van der Waals surface area contributed by atoms with Crippen LogP contribution in [0.4, 0.5) is 11.8 Å². The van der Waals surface area contributed by atoms with E-state index < -0.39 is 10.0 Å². The van der Waals surface area contributed by atoms with E-state index in [1.54, 1.807) is 18.2 Å². The molecule has 2 aromatic carbocycles. The van der Waals surface area contributed by atoms with Gasteiger partial charge in [-0.1, -0.05) is 29.8 Å². The van der Waals surface area contributed by atoms with Gasteiger partial charge in [0.2, 0.25) is 16.0 Å². The van der Waals surface area contributed by atoms with Gasteiger partial charge in [0.25, 0.3) is 0 Å². The molecular formula is C24H31ClN6O2S. The Bertz CT molecular complexity index is 1220. The molecule has 0 saturated heterocycles. The number of nitrogens with one attached hydrogen (secondary N) is 3. The highest BCUT2D eigenvalue weighted by Crippen LogP contribution is 2.29. The Morgan fingerprint density at radius 2 is 1.68 bits per heavy atom. The summed E-state index contributed by atoms with van der Waals surface area (Å²) in [6.07, 6.45) is 4.02. The molecular weight excluding hydrogens is 472 g/mol. The molecule has 182 valence electrons. The van der Waals surface area contributed by atoms with Crippen LogP contribution in [0, 0.1) is 11.8 Å². The van der Waals surface area contributed by atoms with Crippen LogP contribution in [0.1, 0.15) is 25.7 Å². The molecule has 4 rings (SSSR count). The fourth-order valence-electron chi connectivity index (χ4n) is 4.30. The number of hydrogen-bond donors (Lipinski definition) is 4. The number of halogens is 1. The van der Waals surface area contributed by atoms with Crippen molar-refractivity contribution >= 4 is 44.3 Å². The first-order valence-corrected chi connectivity index (χ1v) is 13.5. The predicted molar refractivity (Wildman–Crippen MR) is 138 cm³/mol. The van der Waals surface area contributed by atoms with E-state index in [-0.39, 0.29) is 4.90 Å². The van der Waals surface area contributed by atoms with Crippen LogP contribution < -0.4 is 21.1 Å². The first-order chi connectivity index (χ1) is 16.4. The van der Waals surface area contributed by atoms with Gasteiger partial charge in [0, 0.05) is 36.6 Å². The zero-order valence-electron chi connectivity index (χ0n) is 19.0. The van der Waals surface area contributed by atoms with Crippen LogP contribution in [0.5, 0.6) is 0 Å². The summed E-state index contributed by atoms with van der Waals surface area (Å²) in [4.78, 5) is 9.51. The maximum absolute atomic E-state index is 12.5. The van der Waals surface area contributed by atoms with E-state index in [1.165, 1.54) is 6.07 Å². The molecule has 1 fully saturated rings. The average Bonchev–Trinajstić information content (AvgIpc) is 2.85. The number of sulfonamides is 1. The van der Waals surface area contributed by atoms with Gasteiger partial charge in [0.05, 0.1) is 10.4 Å². The molecule has 0 aliphatic heterocycles. The molecule has 1 heterocycles. The lowest BCUT2D eigenvalue weighted by atomic mass is 9.82. The van der Waals surface area contributed by atoms with Gasteiger partial charge < -0.3 is 16.4 Å². The lowest BCUT2D eigenvalue weighted by Gasteiger charge is -2.28. The Morgan fingerprint density at radius 1 is 0.941 bits per heavy atom. The Morgan fingerprint density at radius 3 is 2.41 bits per heavy atom. The molecule has 0 amide bonds. The van der Waals surface area contributed by atoms with Crippen LogP contribution in [0.25, 0.3) is 10.9 Å². The second kappa shape index (κ2) is 11.3. The largest absolute Gasteiger partial charge is 0.368 e. The summed E-state index contributed by atoms with van der Waals surface area (Å²) in [6.45, 7) is 2.40. The molecule has 34 heavy (non-hydrogen) atoms. The summed E-state index contributed by atoms with van der Waals surface area (Å²) in [5.41, 5.74) is 6.53. The van der Waals surface area contributed by atoms with Crippen molar-refractivity contribution in [1.82, 2.24) is 14.7 Å². The number of hydrogen-bond acceptors (Lipinski definition) is 7. The van der Waals surface area contributed by atoms with Gasteiger partial charge >= 0.3 is 0 Å². The van der Waals surface area contributed by atoms with Crippen molar-refractivity contribution in [2.24, 2.45) is 17.6 Å². The molecule has 0 atom stereocenters. The van der Waals surface area contributed by atoms with Gasteiger partial charge in [-0.3, -0.25) is 0 Å². The average molecular weight is 503 g/mol. The number of aromatic nitrogens is 2. The molecule has 8 nitrogen and oxygen atoms in total. The summed E-state index contributed by atoms with van der Waals surface area (Å²) in [7, 11) is -3.55. The third-order valence-electron chi connectivity index (χ3n) is 6.22. The van der Waals surface area contributed by atoms with Crippen LogP contribution in [-0.4, -0.2) is 44.6 Å². The van der Waals surface area contributed by atoms with Crippen molar-refractivity contribution in [3.63, 3.8) is 0 Å². The monoisotopic (exact) mass is 502 g/mol. The van der Waals surface area contributed by atoms with Gasteiger partial charge in [0.15, 0.2) is 0 Å². The molecule has 5 N–H and O–H groups in total. The zero-order valence-corrected chi connectivity index (χ0v) is 20.6. The normalized spacial score (nSPS) is 18.6. The van der Waals surface area contributed by atoms with Crippen LogP contribution in [-0.2, 0) is 10.0 Å². The third-order valence-corrected chi connectivity index (χ3v) is 7.88. The quantitative estimate of drug-likeness (QED) is 0.332. The van der Waals surface area contributed by atoms with Crippen LogP contribution >= 0.6 is 11.6 Å². The molecule has 10 heteroatoms. The van der Waals surface area contributed by atoms with Crippen molar-refractivity contribution in [1.29, 1.82) is 0 Å². The Labute approximate surface area is 205 Å². The van der Waals surface area contributed by atoms with Gasteiger partial charge in [-0.05, 0) is 67.9 Å². The number of para-hydroxylation sites is 1. The van der Waals surface area contributed by atoms with E-state index in [2.05, 4.69) is 25.3 Å². The standard InChI is InChI=1S/C24H31ClN6O2S/c25-19-4-3-5-20(14-19)34(32,33)29-16-18-10-8-17(9-11-18)15-28-24-30-22-7-2-1-6-21(22)23(31-24)27-13-12-26/h1-7,14,17-18,29H,8-13,15-16,26H2,(H2,27,28,30,31). The highest BCUT2D eigenvalue weighted by Gasteiger charge is 2.23. The van der Waals surface area contributed by atoms with E-state index in [9.17, 15) is 8.42 Å². The fraction of sp³-hybridized carbons (Fsp3) is 0.417. The van der Waals surface area contributed by atoms with E-state index in [0.717, 1.165) is 48.9 Å².